The second-order valence-electron chi connectivity index (χ2n) is 5.76. The normalized spacial score (nSPS) is 22.8. The van der Waals surface area contributed by atoms with Crippen LogP contribution in [0, 0.1) is 11.7 Å². The van der Waals surface area contributed by atoms with Gasteiger partial charge in [0.1, 0.15) is 11.6 Å². The smallest absolute Gasteiger partial charge is 0.223 e. The lowest BCUT2D eigenvalue weighted by Gasteiger charge is -2.25. The monoisotopic (exact) mass is 292 g/mol. The molecule has 2 aliphatic heterocycles. The van der Waals surface area contributed by atoms with Crippen molar-refractivity contribution in [2.24, 2.45) is 5.92 Å². The molecule has 0 aromatic heterocycles. The maximum atomic E-state index is 13.3. The van der Waals surface area contributed by atoms with E-state index in [1.54, 1.807) is 6.07 Å². The third kappa shape index (κ3) is 3.35. The molecule has 114 valence electrons. The molecule has 1 fully saturated rings. The van der Waals surface area contributed by atoms with Crippen LogP contribution in [-0.2, 0) is 4.79 Å². The number of rotatable bonds is 2. The van der Waals surface area contributed by atoms with Crippen molar-refractivity contribution < 1.29 is 13.9 Å². The standard InChI is InChI=1S/C16H21FN2O2/c17-12-3-4-13-14(2-1-9-21-15(13)10-12)19-16(20)11-5-7-18-8-6-11/h3-4,10-11,14,18H,1-2,5-9H2,(H,19,20). The summed E-state index contributed by atoms with van der Waals surface area (Å²) in [6, 6.07) is 4.48. The van der Waals surface area contributed by atoms with Crippen LogP contribution in [0.25, 0.3) is 0 Å². The van der Waals surface area contributed by atoms with E-state index in [1.165, 1.54) is 12.1 Å². The molecule has 5 heteroatoms. The van der Waals surface area contributed by atoms with Gasteiger partial charge in [-0.25, -0.2) is 4.39 Å². The lowest BCUT2D eigenvalue weighted by atomic mass is 9.95. The molecule has 2 N–H and O–H groups in total. The molecular weight excluding hydrogens is 271 g/mol. The Morgan fingerprint density at radius 2 is 2.10 bits per heavy atom. The van der Waals surface area contributed by atoms with E-state index in [2.05, 4.69) is 10.6 Å². The van der Waals surface area contributed by atoms with Crippen LogP contribution >= 0.6 is 0 Å². The Labute approximate surface area is 124 Å². The fraction of sp³-hybridized carbons (Fsp3) is 0.562. The summed E-state index contributed by atoms with van der Waals surface area (Å²) >= 11 is 0. The largest absolute Gasteiger partial charge is 0.493 e. The Morgan fingerprint density at radius 3 is 2.90 bits per heavy atom. The predicted octanol–water partition coefficient (Wildman–Crippen LogP) is 2.16. The Hall–Kier alpha value is -1.62. The van der Waals surface area contributed by atoms with E-state index in [0.717, 1.165) is 44.3 Å². The first-order valence-corrected chi connectivity index (χ1v) is 7.67. The van der Waals surface area contributed by atoms with Crippen LogP contribution < -0.4 is 15.4 Å². The van der Waals surface area contributed by atoms with Crippen LogP contribution in [0.5, 0.6) is 5.75 Å². The first kappa shape index (κ1) is 14.3. The zero-order valence-corrected chi connectivity index (χ0v) is 12.0. The molecule has 1 amide bonds. The fourth-order valence-corrected chi connectivity index (χ4v) is 3.07. The van der Waals surface area contributed by atoms with Gasteiger partial charge in [0.2, 0.25) is 5.91 Å². The molecule has 4 nitrogen and oxygen atoms in total. The first-order chi connectivity index (χ1) is 10.2. The molecule has 0 spiro atoms. The van der Waals surface area contributed by atoms with Gasteiger partial charge in [0, 0.05) is 17.5 Å². The summed E-state index contributed by atoms with van der Waals surface area (Å²) in [7, 11) is 0. The minimum atomic E-state index is -0.306. The van der Waals surface area contributed by atoms with Crippen molar-refractivity contribution >= 4 is 5.91 Å². The average molecular weight is 292 g/mol. The lowest BCUT2D eigenvalue weighted by molar-refractivity contribution is -0.126. The van der Waals surface area contributed by atoms with Gasteiger partial charge in [-0.05, 0) is 44.8 Å². The van der Waals surface area contributed by atoms with Gasteiger partial charge in [0.05, 0.1) is 12.6 Å². The van der Waals surface area contributed by atoms with E-state index in [-0.39, 0.29) is 23.7 Å². The number of benzene rings is 1. The van der Waals surface area contributed by atoms with E-state index >= 15 is 0 Å². The number of fused-ring (bicyclic) bond motifs is 1. The SMILES string of the molecule is O=C(NC1CCCOc2cc(F)ccc21)C1CCNCC1. The van der Waals surface area contributed by atoms with Crippen molar-refractivity contribution in [1.29, 1.82) is 0 Å². The average Bonchev–Trinajstić information content (AvgIpc) is 2.70. The third-order valence-electron chi connectivity index (χ3n) is 4.27. The molecule has 0 radical (unpaired) electrons. The number of hydrogen-bond acceptors (Lipinski definition) is 3. The van der Waals surface area contributed by atoms with Crippen LogP contribution in [0.15, 0.2) is 18.2 Å². The van der Waals surface area contributed by atoms with Crippen molar-refractivity contribution in [3.05, 3.63) is 29.6 Å². The molecule has 0 aliphatic carbocycles. The summed E-state index contributed by atoms with van der Waals surface area (Å²) in [6.45, 7) is 2.36. The number of nitrogens with one attached hydrogen (secondary N) is 2. The molecule has 21 heavy (non-hydrogen) atoms. The highest BCUT2D eigenvalue weighted by Crippen LogP contribution is 2.32. The summed E-state index contributed by atoms with van der Waals surface area (Å²) in [5, 5.41) is 6.40. The predicted molar refractivity (Wildman–Crippen MR) is 77.6 cm³/mol. The molecule has 2 heterocycles. The molecule has 0 bridgehead atoms. The van der Waals surface area contributed by atoms with Crippen molar-refractivity contribution in [3.63, 3.8) is 0 Å². The molecule has 0 saturated carbocycles. The van der Waals surface area contributed by atoms with Crippen LogP contribution in [-0.4, -0.2) is 25.6 Å². The van der Waals surface area contributed by atoms with Crippen LogP contribution in [0.1, 0.15) is 37.3 Å². The van der Waals surface area contributed by atoms with Crippen molar-refractivity contribution in [2.75, 3.05) is 19.7 Å². The number of carbonyl (C=O) groups excluding carboxylic acids is 1. The minimum absolute atomic E-state index is 0.0783. The maximum absolute atomic E-state index is 13.3. The summed E-state index contributed by atoms with van der Waals surface area (Å²) in [6.07, 6.45) is 3.44. The number of halogens is 1. The van der Waals surface area contributed by atoms with Gasteiger partial charge in [-0.2, -0.15) is 0 Å². The van der Waals surface area contributed by atoms with E-state index in [9.17, 15) is 9.18 Å². The molecule has 3 rings (SSSR count). The Balaban J connectivity index is 1.74. The van der Waals surface area contributed by atoms with Gasteiger partial charge in [0.25, 0.3) is 0 Å². The third-order valence-corrected chi connectivity index (χ3v) is 4.27. The van der Waals surface area contributed by atoms with Gasteiger partial charge in [-0.1, -0.05) is 6.07 Å². The van der Waals surface area contributed by atoms with E-state index < -0.39 is 0 Å². The highest BCUT2D eigenvalue weighted by atomic mass is 19.1. The minimum Gasteiger partial charge on any atom is -0.493 e. The summed E-state index contributed by atoms with van der Waals surface area (Å²) in [5.74, 6) is 0.445. The van der Waals surface area contributed by atoms with Crippen LogP contribution in [0.2, 0.25) is 0 Å². The highest BCUT2D eigenvalue weighted by molar-refractivity contribution is 5.79. The van der Waals surface area contributed by atoms with E-state index in [4.69, 9.17) is 4.74 Å². The number of carbonyl (C=O) groups is 1. The van der Waals surface area contributed by atoms with Crippen LogP contribution in [0.3, 0.4) is 0 Å². The number of ether oxygens (including phenoxy) is 1. The quantitative estimate of drug-likeness (QED) is 0.878. The molecule has 1 saturated heterocycles. The van der Waals surface area contributed by atoms with Crippen LogP contribution in [0.4, 0.5) is 4.39 Å². The summed E-state index contributed by atoms with van der Waals surface area (Å²) in [4.78, 5) is 12.4. The van der Waals surface area contributed by atoms with Crippen molar-refractivity contribution in [1.82, 2.24) is 10.6 Å². The summed E-state index contributed by atoms with van der Waals surface area (Å²) < 4.78 is 18.9. The second kappa shape index (κ2) is 6.43. The second-order valence-corrected chi connectivity index (χ2v) is 5.76. The first-order valence-electron chi connectivity index (χ1n) is 7.67. The Kier molecular flexibility index (Phi) is 4.39. The van der Waals surface area contributed by atoms with Crippen molar-refractivity contribution in [3.8, 4) is 5.75 Å². The number of amides is 1. The molecule has 1 atom stereocenters. The molecule has 2 aliphatic rings. The fourth-order valence-electron chi connectivity index (χ4n) is 3.07. The summed E-state index contributed by atoms with van der Waals surface area (Å²) in [5.41, 5.74) is 0.885. The molecular formula is C16H21FN2O2. The number of piperidine rings is 1. The topological polar surface area (TPSA) is 50.4 Å². The van der Waals surface area contributed by atoms with E-state index in [1.807, 2.05) is 0 Å². The van der Waals surface area contributed by atoms with Gasteiger partial charge in [-0.15, -0.1) is 0 Å². The molecule has 1 unspecified atom stereocenters. The number of hydrogen-bond donors (Lipinski definition) is 2. The maximum Gasteiger partial charge on any atom is 0.223 e. The zero-order chi connectivity index (χ0) is 14.7. The van der Waals surface area contributed by atoms with Gasteiger partial charge >= 0.3 is 0 Å². The van der Waals surface area contributed by atoms with Gasteiger partial charge < -0.3 is 15.4 Å². The van der Waals surface area contributed by atoms with Crippen molar-refractivity contribution in [2.45, 2.75) is 31.7 Å². The lowest BCUT2D eigenvalue weighted by Crippen LogP contribution is -2.39. The Bertz CT molecular complexity index is 515. The van der Waals surface area contributed by atoms with Gasteiger partial charge in [0.15, 0.2) is 0 Å². The zero-order valence-electron chi connectivity index (χ0n) is 12.0. The van der Waals surface area contributed by atoms with Gasteiger partial charge in [-0.3, -0.25) is 4.79 Å². The van der Waals surface area contributed by atoms with E-state index in [0.29, 0.717) is 12.4 Å². The molecule has 1 aromatic carbocycles. The Morgan fingerprint density at radius 1 is 1.29 bits per heavy atom. The highest BCUT2D eigenvalue weighted by Gasteiger charge is 2.26. The molecule has 1 aromatic rings.